The number of carboxylic acid groups (broad SMARTS) is 1. The average molecular weight is 410 g/mol. The molecule has 0 radical (unpaired) electrons. The third-order valence-electron chi connectivity index (χ3n) is 4.23. The first-order valence-corrected chi connectivity index (χ1v) is 8.92. The first kappa shape index (κ1) is 20.1. The highest BCUT2D eigenvalue weighted by Crippen LogP contribution is 2.36. The van der Waals surface area contributed by atoms with Crippen LogP contribution >= 0.6 is 11.6 Å². The number of halogens is 1. The summed E-state index contributed by atoms with van der Waals surface area (Å²) >= 11 is 6.20. The third kappa shape index (κ3) is 4.45. The standard InChI is InChI=1S/C21H16ClN3O4/c1-21(20(26)27,17-4-2-3-5-18(17)22)29-19-10-16(7-6-15(19)11-23)28-13-14-8-9-24-25-12-14/h2-10,12H,13H2,1H3,(H,26,27). The maximum Gasteiger partial charge on any atom is 0.352 e. The van der Waals surface area contributed by atoms with Gasteiger partial charge in [-0.05, 0) is 31.2 Å². The molecule has 8 heteroatoms. The smallest absolute Gasteiger partial charge is 0.352 e. The van der Waals surface area contributed by atoms with Crippen molar-refractivity contribution in [2.24, 2.45) is 0 Å². The van der Waals surface area contributed by atoms with E-state index in [9.17, 15) is 15.2 Å². The van der Waals surface area contributed by atoms with Crippen LogP contribution in [0.5, 0.6) is 11.5 Å². The van der Waals surface area contributed by atoms with E-state index in [4.69, 9.17) is 21.1 Å². The summed E-state index contributed by atoms with van der Waals surface area (Å²) in [7, 11) is 0. The summed E-state index contributed by atoms with van der Waals surface area (Å²) in [5, 5.41) is 27.0. The normalized spacial score (nSPS) is 12.4. The summed E-state index contributed by atoms with van der Waals surface area (Å²) in [5.74, 6) is -0.769. The van der Waals surface area contributed by atoms with E-state index in [2.05, 4.69) is 10.2 Å². The molecule has 146 valence electrons. The third-order valence-corrected chi connectivity index (χ3v) is 4.56. The molecule has 0 aliphatic rings. The molecule has 0 saturated carbocycles. The SMILES string of the molecule is CC(Oc1cc(OCc2ccnnc2)ccc1C#N)(C(=O)O)c1ccccc1Cl. The summed E-state index contributed by atoms with van der Waals surface area (Å²) in [6, 6.07) is 14.8. The number of rotatable bonds is 7. The molecule has 3 aromatic rings. The number of carbonyl (C=O) groups is 1. The number of nitrogens with zero attached hydrogens (tertiary/aromatic N) is 3. The molecule has 0 amide bonds. The lowest BCUT2D eigenvalue weighted by Crippen LogP contribution is -2.39. The Bertz CT molecular complexity index is 1070. The number of ether oxygens (including phenoxy) is 2. The van der Waals surface area contributed by atoms with Gasteiger partial charge in [-0.15, -0.1) is 0 Å². The van der Waals surface area contributed by atoms with Crippen molar-refractivity contribution in [3.8, 4) is 17.6 Å². The summed E-state index contributed by atoms with van der Waals surface area (Å²) in [5.41, 5.74) is -0.564. The molecule has 0 bridgehead atoms. The van der Waals surface area contributed by atoms with E-state index >= 15 is 0 Å². The fraction of sp³-hybridized carbons (Fsp3) is 0.143. The van der Waals surface area contributed by atoms with Crippen LogP contribution in [0.3, 0.4) is 0 Å². The monoisotopic (exact) mass is 409 g/mol. The maximum absolute atomic E-state index is 12.1. The predicted molar refractivity (Wildman–Crippen MR) is 105 cm³/mol. The molecule has 1 unspecified atom stereocenters. The summed E-state index contributed by atoms with van der Waals surface area (Å²) in [6.07, 6.45) is 3.12. The topological polar surface area (TPSA) is 105 Å². The lowest BCUT2D eigenvalue weighted by Gasteiger charge is -2.28. The van der Waals surface area contributed by atoms with Gasteiger partial charge in [0.1, 0.15) is 24.2 Å². The van der Waals surface area contributed by atoms with E-state index in [1.165, 1.54) is 19.1 Å². The number of carboxylic acids is 1. The predicted octanol–water partition coefficient (Wildman–Crippen LogP) is 3.96. The van der Waals surface area contributed by atoms with E-state index < -0.39 is 11.6 Å². The molecule has 2 aromatic carbocycles. The molecular weight excluding hydrogens is 394 g/mol. The van der Waals surface area contributed by atoms with Crippen LogP contribution in [0.1, 0.15) is 23.6 Å². The highest BCUT2D eigenvalue weighted by molar-refractivity contribution is 6.31. The molecule has 0 spiro atoms. The minimum absolute atomic E-state index is 0.0719. The Hall–Kier alpha value is -3.63. The van der Waals surface area contributed by atoms with Gasteiger partial charge in [-0.1, -0.05) is 29.8 Å². The number of benzene rings is 2. The molecule has 0 aliphatic carbocycles. The van der Waals surface area contributed by atoms with Gasteiger partial charge in [0.15, 0.2) is 0 Å². The summed E-state index contributed by atoms with van der Waals surface area (Å²) < 4.78 is 11.5. The Balaban J connectivity index is 1.92. The quantitative estimate of drug-likeness (QED) is 0.629. The molecule has 0 fully saturated rings. The van der Waals surface area contributed by atoms with Crippen molar-refractivity contribution in [3.05, 3.63) is 82.6 Å². The second-order valence-electron chi connectivity index (χ2n) is 6.23. The molecule has 29 heavy (non-hydrogen) atoms. The molecule has 3 rings (SSSR count). The Morgan fingerprint density at radius 3 is 2.69 bits per heavy atom. The van der Waals surface area contributed by atoms with Gasteiger partial charge in [0.25, 0.3) is 0 Å². The van der Waals surface area contributed by atoms with Crippen molar-refractivity contribution in [3.63, 3.8) is 0 Å². The van der Waals surface area contributed by atoms with Gasteiger partial charge in [0, 0.05) is 28.4 Å². The number of nitriles is 1. The Morgan fingerprint density at radius 1 is 1.24 bits per heavy atom. The van der Waals surface area contributed by atoms with Crippen LogP contribution in [0.2, 0.25) is 5.02 Å². The van der Waals surface area contributed by atoms with Crippen LogP contribution in [0, 0.1) is 11.3 Å². The van der Waals surface area contributed by atoms with Crippen molar-refractivity contribution >= 4 is 17.6 Å². The second-order valence-corrected chi connectivity index (χ2v) is 6.64. The van der Waals surface area contributed by atoms with E-state index in [1.54, 1.807) is 48.8 Å². The fourth-order valence-electron chi connectivity index (χ4n) is 2.62. The molecule has 0 saturated heterocycles. The molecule has 0 aliphatic heterocycles. The highest BCUT2D eigenvalue weighted by atomic mass is 35.5. The largest absolute Gasteiger partial charge is 0.489 e. The van der Waals surface area contributed by atoms with Gasteiger partial charge in [0.2, 0.25) is 5.60 Å². The molecule has 1 N–H and O–H groups in total. The minimum atomic E-state index is -1.81. The van der Waals surface area contributed by atoms with Gasteiger partial charge < -0.3 is 14.6 Å². The lowest BCUT2D eigenvalue weighted by atomic mass is 9.95. The number of aromatic nitrogens is 2. The highest BCUT2D eigenvalue weighted by Gasteiger charge is 2.40. The number of aliphatic carboxylic acids is 1. The van der Waals surface area contributed by atoms with Crippen LogP contribution in [0.25, 0.3) is 0 Å². The van der Waals surface area contributed by atoms with Crippen LogP contribution in [-0.2, 0) is 17.0 Å². The summed E-state index contributed by atoms with van der Waals surface area (Å²) in [4.78, 5) is 12.1. The van der Waals surface area contributed by atoms with E-state index in [0.29, 0.717) is 5.75 Å². The molecular formula is C21H16ClN3O4. The van der Waals surface area contributed by atoms with Gasteiger partial charge in [-0.3, -0.25) is 0 Å². The molecule has 1 aromatic heterocycles. The van der Waals surface area contributed by atoms with Gasteiger partial charge in [-0.2, -0.15) is 15.5 Å². The molecule has 1 atom stereocenters. The maximum atomic E-state index is 12.1. The molecule has 1 heterocycles. The first-order chi connectivity index (χ1) is 13.9. The summed E-state index contributed by atoms with van der Waals surface area (Å²) in [6.45, 7) is 1.61. The molecule has 7 nitrogen and oxygen atoms in total. The lowest BCUT2D eigenvalue weighted by molar-refractivity contribution is -0.154. The van der Waals surface area contributed by atoms with Gasteiger partial charge in [0.05, 0.1) is 11.8 Å². The van der Waals surface area contributed by atoms with E-state index in [1.807, 2.05) is 6.07 Å². The first-order valence-electron chi connectivity index (χ1n) is 8.54. The van der Waals surface area contributed by atoms with Crippen molar-refractivity contribution in [2.75, 3.05) is 0 Å². The number of hydrogen-bond acceptors (Lipinski definition) is 6. The average Bonchev–Trinajstić information content (AvgIpc) is 2.73. The van der Waals surface area contributed by atoms with Crippen LogP contribution in [-0.4, -0.2) is 21.3 Å². The van der Waals surface area contributed by atoms with Crippen molar-refractivity contribution in [2.45, 2.75) is 19.1 Å². The Kier molecular flexibility index (Phi) is 5.96. The van der Waals surface area contributed by atoms with Crippen LogP contribution < -0.4 is 9.47 Å². The minimum Gasteiger partial charge on any atom is -0.489 e. The van der Waals surface area contributed by atoms with Crippen molar-refractivity contribution in [1.82, 2.24) is 10.2 Å². The van der Waals surface area contributed by atoms with Gasteiger partial charge in [-0.25, -0.2) is 4.79 Å². The van der Waals surface area contributed by atoms with Crippen molar-refractivity contribution < 1.29 is 19.4 Å². The van der Waals surface area contributed by atoms with Crippen LogP contribution in [0.15, 0.2) is 60.9 Å². The number of hydrogen-bond donors (Lipinski definition) is 1. The van der Waals surface area contributed by atoms with E-state index in [0.717, 1.165) is 5.56 Å². The zero-order valence-corrected chi connectivity index (χ0v) is 16.1. The van der Waals surface area contributed by atoms with Crippen molar-refractivity contribution in [1.29, 1.82) is 5.26 Å². The zero-order valence-electron chi connectivity index (χ0n) is 15.4. The zero-order chi connectivity index (χ0) is 20.9. The fourth-order valence-corrected chi connectivity index (χ4v) is 2.94. The Morgan fingerprint density at radius 2 is 2.03 bits per heavy atom. The van der Waals surface area contributed by atoms with E-state index in [-0.39, 0.29) is 28.5 Å². The Labute approximate surface area is 172 Å². The van der Waals surface area contributed by atoms with Gasteiger partial charge >= 0.3 is 5.97 Å². The second kappa shape index (κ2) is 8.59. The van der Waals surface area contributed by atoms with Crippen LogP contribution in [0.4, 0.5) is 0 Å².